The number of aliphatic hydroxyl groups excluding tert-OH is 1. The van der Waals surface area contributed by atoms with E-state index in [4.69, 9.17) is 25.8 Å². The SMILES string of the molecule is O=c1c2cc(Cl)ccc2ncn1CC(O)COc1ccc2c(c1)OCO2. The van der Waals surface area contributed by atoms with E-state index in [1.54, 1.807) is 36.4 Å². The van der Waals surface area contributed by atoms with Crippen LogP contribution in [0.5, 0.6) is 17.2 Å². The van der Waals surface area contributed by atoms with Gasteiger partial charge in [0, 0.05) is 11.1 Å². The van der Waals surface area contributed by atoms with Crippen molar-refractivity contribution in [3.63, 3.8) is 0 Å². The molecule has 4 rings (SSSR count). The molecular weight excluding hydrogens is 360 g/mol. The molecule has 1 aliphatic heterocycles. The molecular formula is C18H15ClN2O5. The van der Waals surface area contributed by atoms with E-state index in [0.717, 1.165) is 0 Å². The Morgan fingerprint density at radius 2 is 2.08 bits per heavy atom. The highest BCUT2D eigenvalue weighted by Crippen LogP contribution is 2.35. The van der Waals surface area contributed by atoms with E-state index in [0.29, 0.717) is 33.2 Å². The number of rotatable bonds is 5. The number of hydrogen-bond donors (Lipinski definition) is 1. The summed E-state index contributed by atoms with van der Waals surface area (Å²) in [6.45, 7) is 0.252. The lowest BCUT2D eigenvalue weighted by atomic mass is 10.2. The predicted octanol–water partition coefficient (Wildman–Crippen LogP) is 2.22. The molecule has 7 nitrogen and oxygen atoms in total. The summed E-state index contributed by atoms with van der Waals surface area (Å²) in [7, 11) is 0. The van der Waals surface area contributed by atoms with Crippen molar-refractivity contribution in [3.05, 3.63) is 58.1 Å². The third-order valence-corrected chi connectivity index (χ3v) is 4.22. The van der Waals surface area contributed by atoms with Gasteiger partial charge in [-0.3, -0.25) is 9.36 Å². The number of benzene rings is 2. The van der Waals surface area contributed by atoms with Crippen molar-refractivity contribution in [2.45, 2.75) is 12.6 Å². The van der Waals surface area contributed by atoms with Crippen molar-refractivity contribution in [1.29, 1.82) is 0 Å². The number of hydrogen-bond acceptors (Lipinski definition) is 6. The molecule has 0 amide bonds. The van der Waals surface area contributed by atoms with Crippen molar-refractivity contribution < 1.29 is 19.3 Å². The zero-order chi connectivity index (χ0) is 18.1. The first-order chi connectivity index (χ1) is 12.6. The van der Waals surface area contributed by atoms with Crippen LogP contribution in [-0.2, 0) is 6.54 Å². The van der Waals surface area contributed by atoms with Gasteiger partial charge in [-0.15, -0.1) is 0 Å². The Morgan fingerprint density at radius 3 is 2.96 bits per heavy atom. The molecule has 1 aliphatic rings. The maximum absolute atomic E-state index is 12.5. The highest BCUT2D eigenvalue weighted by Gasteiger charge is 2.15. The van der Waals surface area contributed by atoms with Gasteiger partial charge in [0.1, 0.15) is 18.5 Å². The van der Waals surface area contributed by atoms with Gasteiger partial charge in [0.2, 0.25) is 6.79 Å². The van der Waals surface area contributed by atoms with Crippen LogP contribution in [0, 0.1) is 0 Å². The van der Waals surface area contributed by atoms with E-state index in [1.807, 2.05) is 0 Å². The average Bonchev–Trinajstić information content (AvgIpc) is 3.10. The lowest BCUT2D eigenvalue weighted by Gasteiger charge is -2.14. The third kappa shape index (κ3) is 3.31. The first kappa shape index (κ1) is 16.7. The summed E-state index contributed by atoms with van der Waals surface area (Å²) >= 11 is 5.94. The van der Waals surface area contributed by atoms with Crippen LogP contribution in [0.1, 0.15) is 0 Å². The van der Waals surface area contributed by atoms with Gasteiger partial charge in [-0.25, -0.2) is 4.98 Å². The fourth-order valence-corrected chi connectivity index (χ4v) is 2.87. The molecule has 1 atom stereocenters. The molecule has 0 saturated heterocycles. The van der Waals surface area contributed by atoms with Crippen molar-refractivity contribution >= 4 is 22.5 Å². The number of aromatic nitrogens is 2. The van der Waals surface area contributed by atoms with E-state index >= 15 is 0 Å². The monoisotopic (exact) mass is 374 g/mol. The highest BCUT2D eigenvalue weighted by molar-refractivity contribution is 6.31. The van der Waals surface area contributed by atoms with E-state index < -0.39 is 6.10 Å². The Labute approximate surface area is 153 Å². The van der Waals surface area contributed by atoms with Crippen molar-refractivity contribution in [2.75, 3.05) is 13.4 Å². The largest absolute Gasteiger partial charge is 0.491 e. The minimum Gasteiger partial charge on any atom is -0.491 e. The Hall–Kier alpha value is -2.77. The Bertz CT molecular complexity index is 1020. The van der Waals surface area contributed by atoms with E-state index in [1.165, 1.54) is 10.9 Å². The fourth-order valence-electron chi connectivity index (χ4n) is 2.70. The number of halogens is 1. The van der Waals surface area contributed by atoms with E-state index in [9.17, 15) is 9.90 Å². The zero-order valence-electron chi connectivity index (χ0n) is 13.6. The van der Waals surface area contributed by atoms with Crippen LogP contribution in [0.15, 0.2) is 47.5 Å². The molecule has 0 bridgehead atoms. The van der Waals surface area contributed by atoms with Gasteiger partial charge in [-0.05, 0) is 30.3 Å². The second-order valence-electron chi connectivity index (χ2n) is 5.84. The molecule has 0 spiro atoms. The minimum absolute atomic E-state index is 0.0136. The predicted molar refractivity (Wildman–Crippen MR) is 95.1 cm³/mol. The molecule has 26 heavy (non-hydrogen) atoms. The van der Waals surface area contributed by atoms with Crippen LogP contribution in [-0.4, -0.2) is 34.2 Å². The van der Waals surface area contributed by atoms with Crippen LogP contribution in [0.2, 0.25) is 5.02 Å². The van der Waals surface area contributed by atoms with Crippen molar-refractivity contribution in [2.24, 2.45) is 0 Å². The average molecular weight is 375 g/mol. The van der Waals surface area contributed by atoms with Gasteiger partial charge in [0.25, 0.3) is 5.56 Å². The molecule has 0 radical (unpaired) electrons. The smallest absolute Gasteiger partial charge is 0.261 e. The second kappa shape index (κ2) is 6.86. The maximum atomic E-state index is 12.5. The molecule has 134 valence electrons. The fraction of sp³-hybridized carbons (Fsp3) is 0.222. The van der Waals surface area contributed by atoms with Crippen LogP contribution in [0.4, 0.5) is 0 Å². The lowest BCUT2D eigenvalue weighted by Crippen LogP contribution is -2.30. The topological polar surface area (TPSA) is 82.8 Å². The molecule has 8 heteroatoms. The first-order valence-corrected chi connectivity index (χ1v) is 8.33. The quantitative estimate of drug-likeness (QED) is 0.737. The molecule has 2 aromatic carbocycles. The van der Waals surface area contributed by atoms with Gasteiger partial charge in [-0.1, -0.05) is 11.6 Å². The van der Waals surface area contributed by atoms with Crippen LogP contribution in [0.3, 0.4) is 0 Å². The van der Waals surface area contributed by atoms with Gasteiger partial charge in [-0.2, -0.15) is 0 Å². The van der Waals surface area contributed by atoms with E-state index in [-0.39, 0.29) is 25.5 Å². The molecule has 0 aliphatic carbocycles. The summed E-state index contributed by atoms with van der Waals surface area (Å²) in [6, 6.07) is 10.1. The Kier molecular flexibility index (Phi) is 4.40. The molecule has 1 aromatic heterocycles. The molecule has 3 aromatic rings. The van der Waals surface area contributed by atoms with Crippen LogP contribution < -0.4 is 19.8 Å². The van der Waals surface area contributed by atoms with Crippen molar-refractivity contribution in [3.8, 4) is 17.2 Å². The normalized spacial score (nSPS) is 13.8. The molecule has 1 N–H and O–H groups in total. The lowest BCUT2D eigenvalue weighted by molar-refractivity contribution is 0.0913. The molecule has 0 fully saturated rings. The molecule has 1 unspecified atom stereocenters. The Morgan fingerprint density at radius 1 is 1.23 bits per heavy atom. The summed E-state index contributed by atoms with van der Waals surface area (Å²) in [4.78, 5) is 16.7. The van der Waals surface area contributed by atoms with Gasteiger partial charge in [0.15, 0.2) is 11.5 Å². The Balaban J connectivity index is 1.45. The molecule has 2 heterocycles. The zero-order valence-corrected chi connectivity index (χ0v) is 14.3. The summed E-state index contributed by atoms with van der Waals surface area (Å²) in [5, 5.41) is 11.1. The van der Waals surface area contributed by atoms with Gasteiger partial charge >= 0.3 is 0 Å². The summed E-state index contributed by atoms with van der Waals surface area (Å²) in [5.41, 5.74) is 0.293. The number of ether oxygens (including phenoxy) is 3. The van der Waals surface area contributed by atoms with Crippen LogP contribution in [0.25, 0.3) is 10.9 Å². The van der Waals surface area contributed by atoms with Crippen LogP contribution >= 0.6 is 11.6 Å². The third-order valence-electron chi connectivity index (χ3n) is 3.98. The maximum Gasteiger partial charge on any atom is 0.261 e. The number of fused-ring (bicyclic) bond motifs is 2. The summed E-state index contributed by atoms with van der Waals surface area (Å²) in [6.07, 6.45) is 0.513. The van der Waals surface area contributed by atoms with Gasteiger partial charge in [0.05, 0.1) is 23.8 Å². The van der Waals surface area contributed by atoms with E-state index in [2.05, 4.69) is 4.98 Å². The first-order valence-electron chi connectivity index (χ1n) is 7.95. The standard InChI is InChI=1S/C18H15ClN2O5/c19-11-1-3-15-14(5-11)18(23)21(9-20-15)7-12(22)8-24-13-2-4-16-17(6-13)26-10-25-16/h1-6,9,12,22H,7-8,10H2. The highest BCUT2D eigenvalue weighted by atomic mass is 35.5. The second-order valence-corrected chi connectivity index (χ2v) is 6.28. The number of nitrogens with zero attached hydrogens (tertiary/aromatic N) is 2. The van der Waals surface area contributed by atoms with Crippen molar-refractivity contribution in [1.82, 2.24) is 9.55 Å². The number of aliphatic hydroxyl groups is 1. The minimum atomic E-state index is -0.892. The van der Waals surface area contributed by atoms with Gasteiger partial charge < -0.3 is 19.3 Å². The summed E-state index contributed by atoms with van der Waals surface area (Å²) < 4.78 is 17.4. The summed E-state index contributed by atoms with van der Waals surface area (Å²) in [5.74, 6) is 1.80. The molecule has 0 saturated carbocycles.